The van der Waals surface area contributed by atoms with Gasteiger partial charge in [-0.2, -0.15) is 0 Å². The normalized spacial score (nSPS) is 21.1. The number of aromatic nitrogens is 5. The molecule has 1 atom stereocenters. The maximum absolute atomic E-state index is 5.74. The summed E-state index contributed by atoms with van der Waals surface area (Å²) < 4.78 is 7.11. The zero-order valence-electron chi connectivity index (χ0n) is 8.70. The highest BCUT2D eigenvalue weighted by Crippen LogP contribution is 2.12. The standard InChI is InChI=1S/C9H12N6O/c1-2-7(6-10-5-1)16-9-4-3-8-11-13-14-15(8)12-9/h3-4,7,10H,1-2,5-6H2/t7-/m0/s1. The Morgan fingerprint density at radius 1 is 1.44 bits per heavy atom. The van der Waals surface area contributed by atoms with Crippen molar-refractivity contribution in [1.29, 1.82) is 0 Å². The molecule has 0 radical (unpaired) electrons. The van der Waals surface area contributed by atoms with E-state index in [0.29, 0.717) is 11.5 Å². The minimum Gasteiger partial charge on any atom is -0.472 e. The number of nitrogens with one attached hydrogen (secondary N) is 1. The van der Waals surface area contributed by atoms with Gasteiger partial charge in [0, 0.05) is 12.6 Å². The summed E-state index contributed by atoms with van der Waals surface area (Å²) in [4.78, 5) is 0. The Balaban J connectivity index is 1.77. The molecule has 16 heavy (non-hydrogen) atoms. The Hall–Kier alpha value is -1.76. The lowest BCUT2D eigenvalue weighted by Crippen LogP contribution is -2.37. The van der Waals surface area contributed by atoms with E-state index >= 15 is 0 Å². The smallest absolute Gasteiger partial charge is 0.233 e. The van der Waals surface area contributed by atoms with E-state index in [1.165, 1.54) is 4.63 Å². The predicted octanol–water partition coefficient (Wildman–Crippen LogP) is -0.350. The molecule has 3 rings (SSSR count). The zero-order chi connectivity index (χ0) is 10.8. The Labute approximate surface area is 91.8 Å². The molecule has 1 fully saturated rings. The molecular weight excluding hydrogens is 208 g/mol. The van der Waals surface area contributed by atoms with Crippen LogP contribution in [0.5, 0.6) is 5.88 Å². The van der Waals surface area contributed by atoms with Crippen molar-refractivity contribution < 1.29 is 4.74 Å². The monoisotopic (exact) mass is 220 g/mol. The number of hydrogen-bond acceptors (Lipinski definition) is 6. The fourth-order valence-electron chi connectivity index (χ4n) is 1.79. The van der Waals surface area contributed by atoms with Crippen LogP contribution < -0.4 is 10.1 Å². The summed E-state index contributed by atoms with van der Waals surface area (Å²) in [6.45, 7) is 1.94. The van der Waals surface area contributed by atoms with Crippen molar-refractivity contribution in [2.24, 2.45) is 0 Å². The lowest BCUT2D eigenvalue weighted by Gasteiger charge is -2.22. The van der Waals surface area contributed by atoms with E-state index < -0.39 is 0 Å². The Morgan fingerprint density at radius 3 is 3.31 bits per heavy atom. The van der Waals surface area contributed by atoms with Crippen molar-refractivity contribution in [3.8, 4) is 5.88 Å². The van der Waals surface area contributed by atoms with E-state index in [-0.39, 0.29) is 6.10 Å². The molecule has 3 heterocycles. The first kappa shape index (κ1) is 9.46. The predicted molar refractivity (Wildman–Crippen MR) is 55.1 cm³/mol. The molecule has 0 saturated carbocycles. The van der Waals surface area contributed by atoms with Crippen LogP contribution in [0.2, 0.25) is 0 Å². The van der Waals surface area contributed by atoms with Crippen molar-refractivity contribution in [3.05, 3.63) is 12.1 Å². The Bertz CT molecular complexity index is 478. The number of piperidine rings is 1. The van der Waals surface area contributed by atoms with Crippen LogP contribution in [0.15, 0.2) is 12.1 Å². The molecule has 1 aliphatic rings. The topological polar surface area (TPSA) is 77.2 Å². The lowest BCUT2D eigenvalue weighted by molar-refractivity contribution is 0.158. The van der Waals surface area contributed by atoms with Gasteiger partial charge in [0.15, 0.2) is 5.65 Å². The minimum atomic E-state index is 0.190. The van der Waals surface area contributed by atoms with E-state index in [0.717, 1.165) is 25.9 Å². The second kappa shape index (κ2) is 4.01. The highest BCUT2D eigenvalue weighted by atomic mass is 16.5. The number of nitrogens with zero attached hydrogens (tertiary/aromatic N) is 5. The van der Waals surface area contributed by atoms with Gasteiger partial charge in [-0.25, -0.2) is 0 Å². The Kier molecular flexibility index (Phi) is 2.37. The van der Waals surface area contributed by atoms with Gasteiger partial charge < -0.3 is 10.1 Å². The van der Waals surface area contributed by atoms with E-state index in [2.05, 4.69) is 25.9 Å². The van der Waals surface area contributed by atoms with E-state index in [1.54, 1.807) is 12.1 Å². The highest BCUT2D eigenvalue weighted by Gasteiger charge is 2.15. The number of tetrazole rings is 1. The van der Waals surface area contributed by atoms with Gasteiger partial charge in [-0.3, -0.25) is 0 Å². The third kappa shape index (κ3) is 1.81. The lowest BCUT2D eigenvalue weighted by atomic mass is 10.1. The van der Waals surface area contributed by atoms with Gasteiger partial charge in [0.2, 0.25) is 5.88 Å². The highest BCUT2D eigenvalue weighted by molar-refractivity contribution is 5.34. The molecule has 84 valence electrons. The molecule has 2 aromatic heterocycles. The molecule has 7 nitrogen and oxygen atoms in total. The molecule has 0 bridgehead atoms. The van der Waals surface area contributed by atoms with Crippen molar-refractivity contribution in [2.45, 2.75) is 18.9 Å². The van der Waals surface area contributed by atoms with Gasteiger partial charge in [0.05, 0.1) is 0 Å². The van der Waals surface area contributed by atoms with Crippen molar-refractivity contribution >= 4 is 5.65 Å². The van der Waals surface area contributed by atoms with Crippen molar-refractivity contribution in [3.63, 3.8) is 0 Å². The molecule has 0 aliphatic carbocycles. The third-order valence-corrected chi connectivity index (χ3v) is 2.58. The molecule has 2 aromatic rings. The van der Waals surface area contributed by atoms with E-state index in [9.17, 15) is 0 Å². The van der Waals surface area contributed by atoms with Crippen LogP contribution in [-0.2, 0) is 0 Å². The summed E-state index contributed by atoms with van der Waals surface area (Å²) in [5, 5.41) is 18.5. The summed E-state index contributed by atoms with van der Waals surface area (Å²) in [7, 11) is 0. The summed E-state index contributed by atoms with van der Waals surface area (Å²) in [6.07, 6.45) is 2.38. The van der Waals surface area contributed by atoms with Gasteiger partial charge in [0.25, 0.3) is 0 Å². The van der Waals surface area contributed by atoms with Gasteiger partial charge in [0.1, 0.15) is 6.10 Å². The number of fused-ring (bicyclic) bond motifs is 1. The van der Waals surface area contributed by atoms with Crippen LogP contribution in [0.3, 0.4) is 0 Å². The maximum Gasteiger partial charge on any atom is 0.233 e. The van der Waals surface area contributed by atoms with Crippen LogP contribution in [-0.4, -0.2) is 44.4 Å². The molecule has 1 saturated heterocycles. The van der Waals surface area contributed by atoms with Crippen molar-refractivity contribution in [1.82, 2.24) is 30.6 Å². The summed E-state index contributed by atoms with van der Waals surface area (Å²) >= 11 is 0. The second-order valence-corrected chi connectivity index (χ2v) is 3.78. The Morgan fingerprint density at radius 2 is 2.44 bits per heavy atom. The van der Waals surface area contributed by atoms with Crippen LogP contribution in [0.25, 0.3) is 5.65 Å². The summed E-state index contributed by atoms with van der Waals surface area (Å²) in [6, 6.07) is 3.58. The molecule has 0 aromatic carbocycles. The molecule has 1 N–H and O–H groups in total. The quantitative estimate of drug-likeness (QED) is 0.745. The number of hydrogen-bond donors (Lipinski definition) is 1. The molecule has 0 amide bonds. The molecule has 0 unspecified atom stereocenters. The minimum absolute atomic E-state index is 0.190. The van der Waals surface area contributed by atoms with Crippen LogP contribution in [0.1, 0.15) is 12.8 Å². The third-order valence-electron chi connectivity index (χ3n) is 2.58. The van der Waals surface area contributed by atoms with Crippen LogP contribution in [0.4, 0.5) is 0 Å². The second-order valence-electron chi connectivity index (χ2n) is 3.78. The first-order chi connectivity index (χ1) is 7.92. The number of rotatable bonds is 2. The molecule has 7 heteroatoms. The average molecular weight is 220 g/mol. The van der Waals surface area contributed by atoms with Crippen LogP contribution in [0, 0.1) is 0 Å². The fraction of sp³-hybridized carbons (Fsp3) is 0.556. The fourth-order valence-corrected chi connectivity index (χ4v) is 1.79. The average Bonchev–Trinajstić information content (AvgIpc) is 2.77. The summed E-state index contributed by atoms with van der Waals surface area (Å²) in [5.41, 5.74) is 0.620. The molecule has 1 aliphatic heterocycles. The molecule has 0 spiro atoms. The van der Waals surface area contributed by atoms with E-state index in [4.69, 9.17) is 4.74 Å². The van der Waals surface area contributed by atoms with E-state index in [1.807, 2.05) is 0 Å². The molecular formula is C9H12N6O. The first-order valence-electron chi connectivity index (χ1n) is 5.34. The van der Waals surface area contributed by atoms with Crippen LogP contribution >= 0.6 is 0 Å². The van der Waals surface area contributed by atoms with Gasteiger partial charge in [-0.05, 0) is 35.9 Å². The van der Waals surface area contributed by atoms with Gasteiger partial charge in [-0.1, -0.05) is 0 Å². The SMILES string of the molecule is c1cc2nnnn2nc1O[C@H]1CCCNC1. The number of ether oxygens (including phenoxy) is 1. The largest absolute Gasteiger partial charge is 0.472 e. The van der Waals surface area contributed by atoms with Gasteiger partial charge >= 0.3 is 0 Å². The maximum atomic E-state index is 5.74. The first-order valence-corrected chi connectivity index (χ1v) is 5.34. The summed E-state index contributed by atoms with van der Waals surface area (Å²) in [5.74, 6) is 0.563. The zero-order valence-corrected chi connectivity index (χ0v) is 8.70. The van der Waals surface area contributed by atoms with Crippen molar-refractivity contribution in [2.75, 3.05) is 13.1 Å². The van der Waals surface area contributed by atoms with Gasteiger partial charge in [-0.15, -0.1) is 14.8 Å².